The Hall–Kier alpha value is -3.93. The molecule has 0 aliphatic carbocycles. The number of rotatable bonds is 8. The Morgan fingerprint density at radius 3 is 2.09 bits per heavy atom. The highest BCUT2D eigenvalue weighted by Crippen LogP contribution is 2.16. The zero-order valence-corrected chi connectivity index (χ0v) is 19.9. The van der Waals surface area contributed by atoms with Crippen molar-refractivity contribution in [1.82, 2.24) is 10.6 Å². The van der Waals surface area contributed by atoms with E-state index in [0.717, 1.165) is 16.7 Å². The van der Waals surface area contributed by atoms with Crippen molar-refractivity contribution in [3.8, 4) is 0 Å². The first kappa shape index (κ1) is 24.7. The third-order valence-electron chi connectivity index (χ3n) is 5.44. The number of aryl methyl sites for hydroxylation is 2. The smallest absolute Gasteiger partial charge is 0.338 e. The number of benzene rings is 3. The summed E-state index contributed by atoms with van der Waals surface area (Å²) >= 11 is 0. The summed E-state index contributed by atoms with van der Waals surface area (Å²) in [4.78, 5) is 38.0. The Bertz CT molecular complexity index is 1150. The molecule has 1 atom stereocenters. The molecule has 0 radical (unpaired) electrons. The van der Waals surface area contributed by atoms with Crippen LogP contribution in [0.5, 0.6) is 0 Å². The lowest BCUT2D eigenvalue weighted by atomic mass is 10.0. The maximum Gasteiger partial charge on any atom is 0.338 e. The van der Waals surface area contributed by atoms with Crippen molar-refractivity contribution in [2.24, 2.45) is 0 Å². The van der Waals surface area contributed by atoms with Crippen LogP contribution in [-0.2, 0) is 16.1 Å². The quantitative estimate of drug-likeness (QED) is 0.481. The first-order chi connectivity index (χ1) is 16.2. The van der Waals surface area contributed by atoms with Crippen LogP contribution in [0.2, 0.25) is 0 Å². The molecule has 0 aromatic heterocycles. The van der Waals surface area contributed by atoms with Gasteiger partial charge in [0.1, 0.15) is 6.04 Å². The summed E-state index contributed by atoms with van der Waals surface area (Å²) in [6.45, 7) is 7.77. The molecule has 6 nitrogen and oxygen atoms in total. The third kappa shape index (κ3) is 6.54. The highest BCUT2D eigenvalue weighted by Gasteiger charge is 2.23. The van der Waals surface area contributed by atoms with Crippen LogP contribution < -0.4 is 10.6 Å². The molecule has 0 bridgehead atoms. The number of ether oxygens (including phenoxy) is 1. The molecule has 2 N–H and O–H groups in total. The monoisotopic (exact) mass is 458 g/mol. The molecule has 6 heteroatoms. The molecule has 3 aromatic carbocycles. The number of carbonyl (C=O) groups excluding carboxylic acids is 3. The molecule has 0 spiro atoms. The zero-order valence-electron chi connectivity index (χ0n) is 19.9. The Labute approximate surface area is 200 Å². The van der Waals surface area contributed by atoms with Crippen molar-refractivity contribution in [3.63, 3.8) is 0 Å². The van der Waals surface area contributed by atoms with E-state index in [1.54, 1.807) is 56.3 Å². The van der Waals surface area contributed by atoms with Crippen LogP contribution in [0.4, 0.5) is 0 Å². The molecule has 0 fully saturated rings. The van der Waals surface area contributed by atoms with Gasteiger partial charge in [-0.2, -0.15) is 0 Å². The van der Waals surface area contributed by atoms with Crippen molar-refractivity contribution in [2.75, 3.05) is 0 Å². The molecule has 34 heavy (non-hydrogen) atoms. The fourth-order valence-electron chi connectivity index (χ4n) is 3.37. The van der Waals surface area contributed by atoms with Crippen LogP contribution in [0.1, 0.15) is 62.9 Å². The molecule has 3 aromatic rings. The Kier molecular flexibility index (Phi) is 8.19. The molecule has 0 unspecified atom stereocenters. The van der Waals surface area contributed by atoms with Gasteiger partial charge in [0.25, 0.3) is 5.91 Å². The van der Waals surface area contributed by atoms with Crippen molar-refractivity contribution in [3.05, 3.63) is 106 Å². The number of amides is 2. The summed E-state index contributed by atoms with van der Waals surface area (Å²) in [6.07, 6.45) is -0.194. The van der Waals surface area contributed by atoms with Gasteiger partial charge in [0.15, 0.2) is 0 Å². The van der Waals surface area contributed by atoms with Gasteiger partial charge in [-0.25, -0.2) is 4.79 Å². The second kappa shape index (κ2) is 11.3. The van der Waals surface area contributed by atoms with Gasteiger partial charge in [0.2, 0.25) is 5.91 Å². The standard InChI is InChI=1S/C28H30N2O4/c1-18(2)34-28(33)23-14-11-21(12-15-23)17-29-27(32)25(22-8-6-5-7-9-22)30-26(31)24-13-10-19(3)20(4)16-24/h5-16,18,25H,17H2,1-4H3,(H,29,32)(H,30,31)/t25-/m0/s1. The van der Waals surface area contributed by atoms with E-state index in [-0.39, 0.29) is 30.4 Å². The van der Waals surface area contributed by atoms with Crippen LogP contribution in [0.25, 0.3) is 0 Å². The first-order valence-electron chi connectivity index (χ1n) is 11.3. The van der Waals surface area contributed by atoms with Crippen LogP contribution in [-0.4, -0.2) is 23.9 Å². The maximum absolute atomic E-state index is 13.1. The van der Waals surface area contributed by atoms with Crippen molar-refractivity contribution in [1.29, 1.82) is 0 Å². The van der Waals surface area contributed by atoms with Gasteiger partial charge < -0.3 is 15.4 Å². The molecule has 0 aliphatic heterocycles. The predicted molar refractivity (Wildman–Crippen MR) is 131 cm³/mol. The van der Waals surface area contributed by atoms with Crippen molar-refractivity contribution >= 4 is 17.8 Å². The van der Waals surface area contributed by atoms with Crippen LogP contribution >= 0.6 is 0 Å². The van der Waals surface area contributed by atoms with Crippen LogP contribution in [0.3, 0.4) is 0 Å². The van der Waals surface area contributed by atoms with Gasteiger partial charge in [0, 0.05) is 12.1 Å². The van der Waals surface area contributed by atoms with E-state index in [9.17, 15) is 14.4 Å². The molecular formula is C28H30N2O4. The Morgan fingerprint density at radius 1 is 0.824 bits per heavy atom. The molecule has 2 amide bonds. The van der Waals surface area contributed by atoms with Crippen molar-refractivity contribution < 1.29 is 19.1 Å². The average molecular weight is 459 g/mol. The van der Waals surface area contributed by atoms with Gasteiger partial charge in [0.05, 0.1) is 11.7 Å². The van der Waals surface area contributed by atoms with Crippen molar-refractivity contribution in [2.45, 2.75) is 46.4 Å². The molecule has 0 saturated heterocycles. The molecule has 176 valence electrons. The average Bonchev–Trinajstić information content (AvgIpc) is 2.83. The van der Waals surface area contributed by atoms with E-state index < -0.39 is 6.04 Å². The number of hydrogen-bond donors (Lipinski definition) is 2. The summed E-state index contributed by atoms with van der Waals surface area (Å²) in [6, 6.07) is 20.6. The predicted octanol–water partition coefficient (Wildman–Crippen LogP) is 4.66. The van der Waals surface area contributed by atoms with E-state index in [1.165, 1.54) is 0 Å². The first-order valence-corrected chi connectivity index (χ1v) is 11.3. The molecule has 0 saturated carbocycles. The second-order valence-electron chi connectivity index (χ2n) is 8.48. The van der Waals surface area contributed by atoms with Crippen LogP contribution in [0.15, 0.2) is 72.8 Å². The van der Waals surface area contributed by atoms with E-state index in [2.05, 4.69) is 10.6 Å². The minimum absolute atomic E-state index is 0.194. The number of esters is 1. The zero-order chi connectivity index (χ0) is 24.7. The lowest BCUT2D eigenvalue weighted by Gasteiger charge is -2.19. The highest BCUT2D eigenvalue weighted by atomic mass is 16.5. The minimum atomic E-state index is -0.851. The van der Waals surface area contributed by atoms with E-state index in [0.29, 0.717) is 16.7 Å². The lowest BCUT2D eigenvalue weighted by Crippen LogP contribution is -2.40. The highest BCUT2D eigenvalue weighted by molar-refractivity contribution is 5.98. The maximum atomic E-state index is 13.1. The molecular weight excluding hydrogens is 428 g/mol. The lowest BCUT2D eigenvalue weighted by molar-refractivity contribution is -0.123. The minimum Gasteiger partial charge on any atom is -0.459 e. The Balaban J connectivity index is 1.70. The van der Waals surface area contributed by atoms with Gasteiger partial charge in [-0.15, -0.1) is 0 Å². The summed E-state index contributed by atoms with van der Waals surface area (Å²) in [5, 5.41) is 5.75. The number of nitrogens with one attached hydrogen (secondary N) is 2. The van der Waals surface area contributed by atoms with Gasteiger partial charge >= 0.3 is 5.97 Å². The summed E-state index contributed by atoms with van der Waals surface area (Å²) < 4.78 is 5.19. The third-order valence-corrected chi connectivity index (χ3v) is 5.44. The number of carbonyl (C=O) groups is 3. The summed E-state index contributed by atoms with van der Waals surface area (Å²) in [5.41, 5.74) is 4.56. The van der Waals surface area contributed by atoms with Gasteiger partial charge in [-0.3, -0.25) is 9.59 Å². The SMILES string of the molecule is Cc1ccc(C(=O)N[C@H](C(=O)NCc2ccc(C(=O)OC(C)C)cc2)c2ccccc2)cc1C. The topological polar surface area (TPSA) is 84.5 Å². The second-order valence-corrected chi connectivity index (χ2v) is 8.48. The molecule has 3 rings (SSSR count). The van der Waals surface area contributed by atoms with E-state index in [1.807, 2.05) is 44.2 Å². The van der Waals surface area contributed by atoms with Gasteiger partial charge in [-0.05, 0) is 74.2 Å². The normalized spacial score (nSPS) is 11.6. The van der Waals surface area contributed by atoms with E-state index >= 15 is 0 Å². The largest absolute Gasteiger partial charge is 0.459 e. The Morgan fingerprint density at radius 2 is 1.47 bits per heavy atom. The van der Waals surface area contributed by atoms with Crippen LogP contribution in [0, 0.1) is 13.8 Å². The molecule has 0 aliphatic rings. The summed E-state index contributed by atoms with van der Waals surface area (Å²) in [7, 11) is 0. The fraction of sp³-hybridized carbons (Fsp3) is 0.250. The molecule has 0 heterocycles. The van der Waals surface area contributed by atoms with Gasteiger partial charge in [-0.1, -0.05) is 48.5 Å². The fourth-order valence-corrected chi connectivity index (χ4v) is 3.37. The number of hydrogen-bond acceptors (Lipinski definition) is 4. The summed E-state index contributed by atoms with van der Waals surface area (Å²) in [5.74, 6) is -1.03. The van der Waals surface area contributed by atoms with E-state index in [4.69, 9.17) is 4.74 Å².